The molecule has 1 aliphatic carbocycles. The third-order valence-corrected chi connectivity index (χ3v) is 3.35. The normalized spacial score (nSPS) is 24.0. The van der Waals surface area contributed by atoms with Gasteiger partial charge < -0.3 is 10.2 Å². The van der Waals surface area contributed by atoms with Crippen molar-refractivity contribution in [3.8, 4) is 0 Å². The van der Waals surface area contributed by atoms with Crippen molar-refractivity contribution >= 4 is 15.9 Å². The molecule has 0 aromatic carbocycles. The van der Waals surface area contributed by atoms with Crippen molar-refractivity contribution in [1.29, 1.82) is 0 Å². The average Bonchev–Trinajstić information content (AvgIpc) is 2.59. The van der Waals surface area contributed by atoms with E-state index in [1.165, 1.54) is 6.26 Å². The maximum absolute atomic E-state index is 13.0. The first kappa shape index (κ1) is 11.1. The summed E-state index contributed by atoms with van der Waals surface area (Å²) in [5, 5.41) is 0. The van der Waals surface area contributed by atoms with E-state index in [2.05, 4.69) is 15.9 Å². The molecule has 0 saturated heterocycles. The molecule has 1 aliphatic rings. The quantitative estimate of drug-likeness (QED) is 0.856. The highest BCUT2D eigenvalue weighted by Gasteiger charge is 2.43. The molecule has 84 valence electrons. The van der Waals surface area contributed by atoms with Crippen LogP contribution in [-0.2, 0) is 5.54 Å². The largest absolute Gasteiger partial charge is 0.466 e. The van der Waals surface area contributed by atoms with E-state index in [4.69, 9.17) is 10.2 Å². The van der Waals surface area contributed by atoms with Gasteiger partial charge in [0, 0.05) is 12.8 Å². The van der Waals surface area contributed by atoms with Crippen LogP contribution in [0.3, 0.4) is 0 Å². The van der Waals surface area contributed by atoms with Crippen molar-refractivity contribution in [2.24, 2.45) is 5.73 Å². The number of rotatable bonds is 1. The molecule has 1 aromatic heterocycles. The zero-order valence-corrected chi connectivity index (χ0v) is 9.69. The van der Waals surface area contributed by atoms with E-state index in [0.29, 0.717) is 5.76 Å². The molecule has 1 saturated carbocycles. The summed E-state index contributed by atoms with van der Waals surface area (Å²) in [6.45, 7) is 0. The monoisotopic (exact) mass is 279 g/mol. The SMILES string of the molecule is NC1(c2cc(Br)co2)CCC(F)(F)CC1. The van der Waals surface area contributed by atoms with Crippen LogP contribution in [0.5, 0.6) is 0 Å². The molecule has 1 heterocycles. The minimum absolute atomic E-state index is 0.165. The lowest BCUT2D eigenvalue weighted by Gasteiger charge is -2.35. The fourth-order valence-corrected chi connectivity index (χ4v) is 2.18. The summed E-state index contributed by atoms with van der Waals surface area (Å²) in [6.07, 6.45) is 1.72. The molecule has 0 radical (unpaired) electrons. The summed E-state index contributed by atoms with van der Waals surface area (Å²) in [7, 11) is 0. The third kappa shape index (κ3) is 2.23. The first-order valence-corrected chi connectivity index (χ1v) is 5.62. The summed E-state index contributed by atoms with van der Waals surface area (Å²) in [5.41, 5.74) is 5.34. The molecular formula is C10H12BrF2NO. The van der Waals surface area contributed by atoms with Gasteiger partial charge in [0.05, 0.1) is 10.0 Å². The van der Waals surface area contributed by atoms with Crippen molar-refractivity contribution in [3.05, 3.63) is 22.6 Å². The first-order valence-electron chi connectivity index (χ1n) is 4.83. The predicted octanol–water partition coefficient (Wildman–Crippen LogP) is 3.41. The van der Waals surface area contributed by atoms with Crippen LogP contribution in [0.25, 0.3) is 0 Å². The minimum atomic E-state index is -2.56. The molecule has 15 heavy (non-hydrogen) atoms. The summed E-state index contributed by atoms with van der Waals surface area (Å²) in [5.74, 6) is -1.97. The summed E-state index contributed by atoms with van der Waals surface area (Å²) in [4.78, 5) is 0. The lowest BCUT2D eigenvalue weighted by molar-refractivity contribution is -0.0538. The fraction of sp³-hybridized carbons (Fsp3) is 0.600. The molecule has 0 atom stereocenters. The van der Waals surface area contributed by atoms with Crippen LogP contribution in [0.1, 0.15) is 31.4 Å². The van der Waals surface area contributed by atoms with Crippen molar-refractivity contribution in [3.63, 3.8) is 0 Å². The molecule has 1 fully saturated rings. The standard InChI is InChI=1S/C10H12BrF2NO/c11-7-5-8(15-6-7)9(14)1-3-10(12,13)4-2-9/h5-6H,1-4,14H2. The predicted molar refractivity (Wildman–Crippen MR) is 55.7 cm³/mol. The van der Waals surface area contributed by atoms with E-state index in [1.807, 2.05) is 0 Å². The second-order valence-corrected chi connectivity index (χ2v) is 5.06. The van der Waals surface area contributed by atoms with Crippen LogP contribution in [0.15, 0.2) is 21.2 Å². The van der Waals surface area contributed by atoms with Gasteiger partial charge in [-0.3, -0.25) is 0 Å². The smallest absolute Gasteiger partial charge is 0.248 e. The number of halogens is 3. The fourth-order valence-electron chi connectivity index (χ4n) is 1.88. The van der Waals surface area contributed by atoms with Gasteiger partial charge in [-0.2, -0.15) is 0 Å². The van der Waals surface area contributed by atoms with Gasteiger partial charge in [0.2, 0.25) is 5.92 Å². The van der Waals surface area contributed by atoms with Crippen LogP contribution in [-0.4, -0.2) is 5.92 Å². The Morgan fingerprint density at radius 1 is 1.27 bits per heavy atom. The van der Waals surface area contributed by atoms with Crippen molar-refractivity contribution in [1.82, 2.24) is 0 Å². The second-order valence-electron chi connectivity index (χ2n) is 4.14. The van der Waals surface area contributed by atoms with Crippen molar-refractivity contribution in [2.75, 3.05) is 0 Å². The number of hydrogen-bond donors (Lipinski definition) is 1. The minimum Gasteiger partial charge on any atom is -0.466 e. The third-order valence-electron chi connectivity index (χ3n) is 2.93. The lowest BCUT2D eigenvalue weighted by Crippen LogP contribution is -2.43. The average molecular weight is 280 g/mol. The van der Waals surface area contributed by atoms with Gasteiger partial charge in [-0.1, -0.05) is 0 Å². The number of alkyl halides is 2. The molecule has 0 aliphatic heterocycles. The van der Waals surface area contributed by atoms with Crippen LogP contribution in [0, 0.1) is 0 Å². The van der Waals surface area contributed by atoms with E-state index >= 15 is 0 Å². The summed E-state index contributed by atoms with van der Waals surface area (Å²) in [6, 6.07) is 1.75. The van der Waals surface area contributed by atoms with Crippen LogP contribution in [0.4, 0.5) is 8.78 Å². The van der Waals surface area contributed by atoms with E-state index in [0.717, 1.165) is 4.47 Å². The molecule has 0 amide bonds. The van der Waals surface area contributed by atoms with Gasteiger partial charge in [0.25, 0.3) is 0 Å². The van der Waals surface area contributed by atoms with Crippen LogP contribution < -0.4 is 5.73 Å². The summed E-state index contributed by atoms with van der Waals surface area (Å²) >= 11 is 3.25. The topological polar surface area (TPSA) is 39.2 Å². The van der Waals surface area contributed by atoms with Gasteiger partial charge in [-0.15, -0.1) is 0 Å². The summed E-state index contributed by atoms with van der Waals surface area (Å²) < 4.78 is 32.0. The van der Waals surface area contributed by atoms with E-state index in [-0.39, 0.29) is 25.7 Å². The number of nitrogens with two attached hydrogens (primary N) is 1. The molecule has 2 N–H and O–H groups in total. The lowest BCUT2D eigenvalue weighted by atomic mass is 9.79. The Balaban J connectivity index is 2.16. The van der Waals surface area contributed by atoms with E-state index < -0.39 is 11.5 Å². The van der Waals surface area contributed by atoms with Crippen LogP contribution >= 0.6 is 15.9 Å². The van der Waals surface area contributed by atoms with E-state index in [9.17, 15) is 8.78 Å². The highest BCUT2D eigenvalue weighted by Crippen LogP contribution is 2.42. The molecule has 2 nitrogen and oxygen atoms in total. The maximum Gasteiger partial charge on any atom is 0.248 e. The molecule has 0 bridgehead atoms. The highest BCUT2D eigenvalue weighted by molar-refractivity contribution is 9.10. The Bertz CT molecular complexity index is 354. The molecule has 2 rings (SSSR count). The van der Waals surface area contributed by atoms with Gasteiger partial charge in [-0.05, 0) is 34.8 Å². The highest BCUT2D eigenvalue weighted by atomic mass is 79.9. The Labute approximate surface area is 94.9 Å². The molecule has 0 spiro atoms. The van der Waals surface area contributed by atoms with Crippen LogP contribution in [0.2, 0.25) is 0 Å². The first-order chi connectivity index (χ1) is 6.91. The Morgan fingerprint density at radius 2 is 1.87 bits per heavy atom. The second kappa shape index (κ2) is 3.56. The van der Waals surface area contributed by atoms with Gasteiger partial charge >= 0.3 is 0 Å². The maximum atomic E-state index is 13.0. The van der Waals surface area contributed by atoms with Gasteiger partial charge in [0.1, 0.15) is 12.0 Å². The van der Waals surface area contributed by atoms with Gasteiger partial charge in [0.15, 0.2) is 0 Å². The van der Waals surface area contributed by atoms with Gasteiger partial charge in [-0.25, -0.2) is 8.78 Å². The number of furan rings is 1. The van der Waals surface area contributed by atoms with E-state index in [1.54, 1.807) is 6.07 Å². The molecule has 5 heteroatoms. The Morgan fingerprint density at radius 3 is 2.33 bits per heavy atom. The van der Waals surface area contributed by atoms with Crippen molar-refractivity contribution in [2.45, 2.75) is 37.1 Å². The Kier molecular flexibility index (Phi) is 2.63. The molecular weight excluding hydrogens is 268 g/mol. The van der Waals surface area contributed by atoms with Crippen molar-refractivity contribution < 1.29 is 13.2 Å². The zero-order valence-electron chi connectivity index (χ0n) is 8.10. The molecule has 0 unspecified atom stereocenters. The Hall–Kier alpha value is -0.420. The molecule has 1 aromatic rings. The zero-order chi connectivity index (χ0) is 11.1. The number of hydrogen-bond acceptors (Lipinski definition) is 2.